The summed E-state index contributed by atoms with van der Waals surface area (Å²) < 4.78 is 0. The average molecular weight is 336 g/mol. The van der Waals surface area contributed by atoms with Crippen LogP contribution in [-0.2, 0) is 6.42 Å². The Labute approximate surface area is 106 Å². The number of carbonyl (C=O) groups is 1. The smallest absolute Gasteiger partial charge is 0.267 e. The van der Waals surface area contributed by atoms with Gasteiger partial charge in [0.1, 0.15) is 5.69 Å². The van der Waals surface area contributed by atoms with Crippen molar-refractivity contribution in [2.24, 2.45) is 5.73 Å². The molecule has 1 heterocycles. The predicted octanol–water partition coefficient (Wildman–Crippen LogP) is 2.27. The monoisotopic (exact) mass is 334 g/mol. The van der Waals surface area contributed by atoms with Gasteiger partial charge in [-0.05, 0) is 24.5 Å². The van der Waals surface area contributed by atoms with Crippen LogP contribution in [0, 0.1) is 0 Å². The summed E-state index contributed by atoms with van der Waals surface area (Å²) in [5.74, 6) is -0.486. The average Bonchev–Trinajstić information content (AvgIpc) is 2.26. The standard InChI is InChI=1S/C10H12Br2N2O/c11-5-8(12)3-1-7-2-4-9(10(13)15)14-6-7/h2,4,6,8H,1,3,5H2,(H2,13,15). The van der Waals surface area contributed by atoms with E-state index in [1.54, 1.807) is 12.3 Å². The van der Waals surface area contributed by atoms with E-state index in [1.807, 2.05) is 6.07 Å². The highest BCUT2D eigenvalue weighted by Gasteiger charge is 2.04. The summed E-state index contributed by atoms with van der Waals surface area (Å²) >= 11 is 6.93. The molecule has 1 rings (SSSR count). The first-order valence-corrected chi connectivity index (χ1v) is 6.62. The molecule has 0 fully saturated rings. The van der Waals surface area contributed by atoms with Crippen LogP contribution in [0.4, 0.5) is 0 Å². The molecule has 5 heteroatoms. The molecule has 1 aromatic heterocycles. The molecule has 0 spiro atoms. The molecule has 1 amide bonds. The maximum Gasteiger partial charge on any atom is 0.267 e. The molecule has 0 bridgehead atoms. The minimum absolute atomic E-state index is 0.314. The van der Waals surface area contributed by atoms with Gasteiger partial charge in [-0.2, -0.15) is 0 Å². The summed E-state index contributed by atoms with van der Waals surface area (Å²) in [5, 5.41) is 0.930. The van der Waals surface area contributed by atoms with Crippen molar-refractivity contribution in [2.75, 3.05) is 5.33 Å². The molecular weight excluding hydrogens is 324 g/mol. The minimum Gasteiger partial charge on any atom is -0.364 e. The fraction of sp³-hybridized carbons (Fsp3) is 0.400. The van der Waals surface area contributed by atoms with Gasteiger partial charge in [-0.25, -0.2) is 0 Å². The second-order valence-electron chi connectivity index (χ2n) is 3.21. The number of pyridine rings is 1. The van der Waals surface area contributed by atoms with Crippen LogP contribution < -0.4 is 5.73 Å². The van der Waals surface area contributed by atoms with Gasteiger partial charge in [-0.3, -0.25) is 9.78 Å². The Hall–Kier alpha value is -0.420. The van der Waals surface area contributed by atoms with Crippen molar-refractivity contribution >= 4 is 37.8 Å². The van der Waals surface area contributed by atoms with E-state index in [9.17, 15) is 4.79 Å². The van der Waals surface area contributed by atoms with Crippen molar-refractivity contribution < 1.29 is 4.79 Å². The summed E-state index contributed by atoms with van der Waals surface area (Å²) in [6, 6.07) is 3.55. The number of nitrogens with two attached hydrogens (primary N) is 1. The number of primary amides is 1. The first-order valence-electron chi connectivity index (χ1n) is 4.58. The summed E-state index contributed by atoms with van der Waals surface area (Å²) in [4.78, 5) is 15.2. The zero-order valence-electron chi connectivity index (χ0n) is 8.12. The van der Waals surface area contributed by atoms with Crippen LogP contribution in [0.3, 0.4) is 0 Å². The summed E-state index contributed by atoms with van der Waals surface area (Å²) in [6.07, 6.45) is 3.67. The van der Waals surface area contributed by atoms with E-state index in [0.717, 1.165) is 23.7 Å². The normalized spacial score (nSPS) is 12.4. The molecule has 82 valence electrons. The van der Waals surface area contributed by atoms with Crippen LogP contribution in [0.2, 0.25) is 0 Å². The van der Waals surface area contributed by atoms with E-state index in [0.29, 0.717) is 10.5 Å². The van der Waals surface area contributed by atoms with Crippen molar-refractivity contribution in [1.29, 1.82) is 0 Å². The lowest BCUT2D eigenvalue weighted by Gasteiger charge is -2.05. The number of aryl methyl sites for hydroxylation is 1. The predicted molar refractivity (Wildman–Crippen MR) is 67.6 cm³/mol. The first kappa shape index (κ1) is 12.6. The SMILES string of the molecule is NC(=O)c1ccc(CCC(Br)CBr)cn1. The Morgan fingerprint density at radius 3 is 2.73 bits per heavy atom. The molecule has 1 aromatic rings. The molecule has 1 unspecified atom stereocenters. The van der Waals surface area contributed by atoms with Crippen LogP contribution in [0.5, 0.6) is 0 Å². The number of nitrogens with zero attached hydrogens (tertiary/aromatic N) is 1. The van der Waals surface area contributed by atoms with E-state index in [1.165, 1.54) is 0 Å². The minimum atomic E-state index is -0.486. The lowest BCUT2D eigenvalue weighted by molar-refractivity contribution is 0.0995. The highest BCUT2D eigenvalue weighted by molar-refractivity contribution is 9.12. The van der Waals surface area contributed by atoms with Crippen molar-refractivity contribution in [3.05, 3.63) is 29.6 Å². The van der Waals surface area contributed by atoms with Crippen molar-refractivity contribution in [2.45, 2.75) is 17.7 Å². The van der Waals surface area contributed by atoms with Gasteiger partial charge in [-0.15, -0.1) is 0 Å². The Morgan fingerprint density at radius 1 is 1.53 bits per heavy atom. The molecule has 3 nitrogen and oxygen atoms in total. The lowest BCUT2D eigenvalue weighted by atomic mass is 10.1. The number of hydrogen-bond donors (Lipinski definition) is 1. The van der Waals surface area contributed by atoms with Gasteiger partial charge in [0, 0.05) is 16.4 Å². The third kappa shape index (κ3) is 4.30. The number of hydrogen-bond acceptors (Lipinski definition) is 2. The maximum absolute atomic E-state index is 10.8. The topological polar surface area (TPSA) is 56.0 Å². The van der Waals surface area contributed by atoms with E-state index >= 15 is 0 Å². The van der Waals surface area contributed by atoms with Gasteiger partial charge in [0.25, 0.3) is 5.91 Å². The second kappa shape index (κ2) is 6.23. The number of amides is 1. The van der Waals surface area contributed by atoms with Gasteiger partial charge in [0.2, 0.25) is 0 Å². The molecule has 0 aliphatic rings. The van der Waals surface area contributed by atoms with E-state index in [4.69, 9.17) is 5.73 Å². The number of halogens is 2. The number of carbonyl (C=O) groups excluding carboxylic acids is 1. The summed E-state index contributed by atoms with van der Waals surface area (Å²) in [5.41, 5.74) is 6.52. The van der Waals surface area contributed by atoms with Crippen LogP contribution in [0.1, 0.15) is 22.5 Å². The molecule has 2 N–H and O–H groups in total. The van der Waals surface area contributed by atoms with Gasteiger partial charge in [0.05, 0.1) is 0 Å². The third-order valence-corrected chi connectivity index (χ3v) is 4.42. The molecule has 0 radical (unpaired) electrons. The number of aromatic nitrogens is 1. The van der Waals surface area contributed by atoms with E-state index in [2.05, 4.69) is 36.8 Å². The Balaban J connectivity index is 2.53. The van der Waals surface area contributed by atoms with Crippen LogP contribution >= 0.6 is 31.9 Å². The molecule has 0 aromatic carbocycles. The van der Waals surface area contributed by atoms with E-state index < -0.39 is 5.91 Å². The van der Waals surface area contributed by atoms with Crippen LogP contribution in [0.25, 0.3) is 0 Å². The molecule has 0 aliphatic carbocycles. The highest BCUT2D eigenvalue weighted by Crippen LogP contribution is 2.12. The maximum atomic E-state index is 10.8. The second-order valence-corrected chi connectivity index (χ2v) is 5.15. The number of alkyl halides is 2. The van der Waals surface area contributed by atoms with Crippen molar-refractivity contribution in [1.82, 2.24) is 4.98 Å². The fourth-order valence-electron chi connectivity index (χ4n) is 1.12. The molecule has 0 saturated heterocycles. The van der Waals surface area contributed by atoms with Gasteiger partial charge in [0.15, 0.2) is 0 Å². The quantitative estimate of drug-likeness (QED) is 0.839. The molecule has 0 saturated carbocycles. The third-order valence-electron chi connectivity index (χ3n) is 1.99. The fourth-order valence-corrected chi connectivity index (χ4v) is 1.67. The van der Waals surface area contributed by atoms with Gasteiger partial charge < -0.3 is 5.73 Å². The molecule has 1 atom stereocenters. The van der Waals surface area contributed by atoms with Crippen LogP contribution in [0.15, 0.2) is 18.3 Å². The van der Waals surface area contributed by atoms with Crippen LogP contribution in [-0.4, -0.2) is 21.0 Å². The van der Waals surface area contributed by atoms with Gasteiger partial charge in [-0.1, -0.05) is 37.9 Å². The zero-order chi connectivity index (χ0) is 11.3. The zero-order valence-corrected chi connectivity index (χ0v) is 11.3. The summed E-state index contributed by atoms with van der Waals surface area (Å²) in [7, 11) is 0. The van der Waals surface area contributed by atoms with Crippen molar-refractivity contribution in [3.63, 3.8) is 0 Å². The lowest BCUT2D eigenvalue weighted by Crippen LogP contribution is -2.12. The highest BCUT2D eigenvalue weighted by atomic mass is 79.9. The molecular formula is C10H12Br2N2O. The molecule has 15 heavy (non-hydrogen) atoms. The summed E-state index contributed by atoms with van der Waals surface area (Å²) in [6.45, 7) is 0. The van der Waals surface area contributed by atoms with E-state index in [-0.39, 0.29) is 0 Å². The first-order chi connectivity index (χ1) is 7.13. The Bertz CT molecular complexity index is 327. The van der Waals surface area contributed by atoms with Crippen molar-refractivity contribution in [3.8, 4) is 0 Å². The Morgan fingerprint density at radius 2 is 2.27 bits per heavy atom. The largest absolute Gasteiger partial charge is 0.364 e. The Kier molecular flexibility index (Phi) is 5.25. The molecule has 0 aliphatic heterocycles. The van der Waals surface area contributed by atoms with Gasteiger partial charge >= 0.3 is 0 Å². The number of rotatable bonds is 5.